The van der Waals surface area contributed by atoms with Crippen LogP contribution in [-0.2, 0) is 0 Å². The van der Waals surface area contributed by atoms with E-state index >= 15 is 0 Å². The van der Waals surface area contributed by atoms with E-state index in [0.717, 1.165) is 5.19 Å². The fraction of sp³-hybridized carbons (Fsp3) is 0. The molecular formula is C6H8S3Si. The Morgan fingerprint density at radius 1 is 0.900 bits per heavy atom. The third-order valence-corrected chi connectivity index (χ3v) is 4.59. The smallest absolute Gasteiger partial charge is 0.176 e. The van der Waals surface area contributed by atoms with E-state index in [0.29, 0.717) is 0 Å². The van der Waals surface area contributed by atoms with Crippen LogP contribution in [0.3, 0.4) is 0 Å². The molecule has 0 spiro atoms. The molecule has 10 heavy (non-hydrogen) atoms. The molecule has 0 atom stereocenters. The van der Waals surface area contributed by atoms with Gasteiger partial charge in [0.15, 0.2) is 0 Å². The Bertz CT molecular complexity index is 204. The molecule has 0 N–H and O–H groups in total. The van der Waals surface area contributed by atoms with Crippen molar-refractivity contribution >= 4 is 46.9 Å². The van der Waals surface area contributed by atoms with E-state index in [1.807, 2.05) is 30.3 Å². The maximum absolute atomic E-state index is 4.31. The summed E-state index contributed by atoms with van der Waals surface area (Å²) in [5.41, 5.74) is -1.95. The van der Waals surface area contributed by atoms with Crippen molar-refractivity contribution in [1.82, 2.24) is 0 Å². The molecule has 0 amide bonds. The van der Waals surface area contributed by atoms with Crippen molar-refractivity contribution < 1.29 is 0 Å². The second-order valence-corrected chi connectivity index (χ2v) is 13.1. The van der Waals surface area contributed by atoms with Crippen LogP contribution >= 0.6 is 36.2 Å². The zero-order chi connectivity index (χ0) is 7.61. The Kier molecular flexibility index (Phi) is 2.79. The molecular weight excluding hydrogens is 196 g/mol. The SMILES string of the molecule is S[Si](S)(S)c1ccccc1. The molecule has 0 saturated carbocycles. The van der Waals surface area contributed by atoms with Gasteiger partial charge in [0.05, 0.1) is 0 Å². The first-order chi connectivity index (χ1) is 4.61. The van der Waals surface area contributed by atoms with E-state index in [4.69, 9.17) is 0 Å². The standard InChI is InChI=1S/C6H8S3Si/c7-10(8,9)6-4-2-1-3-5-6/h1-5,7-9H. The Hall–Kier alpha value is 0.487. The summed E-state index contributed by atoms with van der Waals surface area (Å²) in [5, 5.41) is 1.13. The summed E-state index contributed by atoms with van der Waals surface area (Å²) in [7, 11) is 0. The molecule has 0 nitrogen and oxygen atoms in total. The van der Waals surface area contributed by atoms with Crippen molar-refractivity contribution in [2.75, 3.05) is 0 Å². The molecule has 1 aromatic rings. The van der Waals surface area contributed by atoms with Crippen LogP contribution in [0, 0.1) is 0 Å². The first-order valence-corrected chi connectivity index (χ1v) is 8.70. The minimum Gasteiger partial charge on any atom is -0.176 e. The van der Waals surface area contributed by atoms with Crippen molar-refractivity contribution in [1.29, 1.82) is 0 Å². The number of hydrogen-bond donors (Lipinski definition) is 3. The predicted molar refractivity (Wildman–Crippen MR) is 58.8 cm³/mol. The Balaban J connectivity index is 2.97. The van der Waals surface area contributed by atoms with Crippen molar-refractivity contribution in [2.45, 2.75) is 0 Å². The van der Waals surface area contributed by atoms with Gasteiger partial charge in [0.25, 0.3) is 5.52 Å². The quantitative estimate of drug-likeness (QED) is 0.449. The molecule has 4 heteroatoms. The monoisotopic (exact) mass is 204 g/mol. The van der Waals surface area contributed by atoms with E-state index in [1.54, 1.807) is 0 Å². The van der Waals surface area contributed by atoms with E-state index in [-0.39, 0.29) is 0 Å². The van der Waals surface area contributed by atoms with Crippen LogP contribution in [0.15, 0.2) is 30.3 Å². The second kappa shape index (κ2) is 3.26. The van der Waals surface area contributed by atoms with Gasteiger partial charge in [0.2, 0.25) is 0 Å². The van der Waals surface area contributed by atoms with Gasteiger partial charge in [-0.2, -0.15) is 36.2 Å². The van der Waals surface area contributed by atoms with Crippen LogP contribution in [0.25, 0.3) is 0 Å². The third kappa shape index (κ3) is 2.27. The molecule has 0 fully saturated rings. The van der Waals surface area contributed by atoms with Crippen LogP contribution in [0.1, 0.15) is 0 Å². The topological polar surface area (TPSA) is 0 Å². The number of benzene rings is 1. The minimum absolute atomic E-state index is 1.13. The molecule has 0 aromatic heterocycles. The van der Waals surface area contributed by atoms with Gasteiger partial charge in [-0.15, -0.1) is 0 Å². The van der Waals surface area contributed by atoms with Crippen LogP contribution in [0.4, 0.5) is 0 Å². The Morgan fingerprint density at radius 2 is 1.40 bits per heavy atom. The number of thiol groups is 3. The van der Waals surface area contributed by atoms with Gasteiger partial charge in [-0.3, -0.25) is 0 Å². The lowest BCUT2D eigenvalue weighted by Crippen LogP contribution is -2.29. The van der Waals surface area contributed by atoms with E-state index < -0.39 is 5.52 Å². The Labute approximate surface area is 77.2 Å². The van der Waals surface area contributed by atoms with Gasteiger partial charge in [-0.1, -0.05) is 30.3 Å². The highest BCUT2D eigenvalue weighted by Crippen LogP contribution is 2.16. The molecule has 1 rings (SSSR count). The van der Waals surface area contributed by atoms with Crippen molar-refractivity contribution in [2.24, 2.45) is 0 Å². The van der Waals surface area contributed by atoms with Gasteiger partial charge in [0.1, 0.15) is 0 Å². The fourth-order valence-corrected chi connectivity index (χ4v) is 2.64. The van der Waals surface area contributed by atoms with E-state index in [9.17, 15) is 0 Å². The predicted octanol–water partition coefficient (Wildman–Crippen LogP) is 1.62. The lowest BCUT2D eigenvalue weighted by Gasteiger charge is -2.11. The summed E-state index contributed by atoms with van der Waals surface area (Å²) in [6.07, 6.45) is 0. The molecule has 0 radical (unpaired) electrons. The molecule has 0 aliphatic carbocycles. The first kappa shape index (κ1) is 8.58. The largest absolute Gasteiger partial charge is 0.260 e. The molecule has 54 valence electrons. The zero-order valence-electron chi connectivity index (χ0n) is 5.23. The summed E-state index contributed by atoms with van der Waals surface area (Å²) in [6, 6.07) is 9.91. The van der Waals surface area contributed by atoms with E-state index in [1.165, 1.54) is 0 Å². The van der Waals surface area contributed by atoms with Gasteiger partial charge < -0.3 is 0 Å². The van der Waals surface area contributed by atoms with Crippen LogP contribution in [0.5, 0.6) is 0 Å². The summed E-state index contributed by atoms with van der Waals surface area (Å²) < 4.78 is 0. The molecule has 0 bridgehead atoms. The van der Waals surface area contributed by atoms with Crippen LogP contribution in [-0.4, -0.2) is 5.52 Å². The minimum atomic E-state index is -1.95. The highest BCUT2D eigenvalue weighted by atomic mass is 32.7. The van der Waals surface area contributed by atoms with Crippen molar-refractivity contribution in [3.8, 4) is 0 Å². The highest BCUT2D eigenvalue weighted by molar-refractivity contribution is 8.70. The van der Waals surface area contributed by atoms with Gasteiger partial charge in [-0.05, 0) is 5.19 Å². The average Bonchev–Trinajstić information content (AvgIpc) is 1.88. The average molecular weight is 204 g/mol. The van der Waals surface area contributed by atoms with Crippen molar-refractivity contribution in [3.63, 3.8) is 0 Å². The lowest BCUT2D eigenvalue weighted by atomic mass is 10.4. The summed E-state index contributed by atoms with van der Waals surface area (Å²) in [4.78, 5) is 0. The second-order valence-electron chi connectivity index (χ2n) is 2.00. The molecule has 0 aliphatic rings. The molecule has 1 aromatic carbocycles. The maximum Gasteiger partial charge on any atom is 0.260 e. The summed E-state index contributed by atoms with van der Waals surface area (Å²) in [6.45, 7) is 0. The van der Waals surface area contributed by atoms with Gasteiger partial charge in [0, 0.05) is 0 Å². The van der Waals surface area contributed by atoms with E-state index in [2.05, 4.69) is 36.2 Å². The summed E-state index contributed by atoms with van der Waals surface area (Å²) in [5.74, 6) is 0. The molecule has 0 aliphatic heterocycles. The third-order valence-electron chi connectivity index (χ3n) is 1.16. The maximum atomic E-state index is 4.31. The number of hydrogen-bond acceptors (Lipinski definition) is 3. The first-order valence-electron chi connectivity index (χ1n) is 2.83. The van der Waals surface area contributed by atoms with Crippen molar-refractivity contribution in [3.05, 3.63) is 30.3 Å². The summed E-state index contributed by atoms with van der Waals surface area (Å²) >= 11 is 12.9. The lowest BCUT2D eigenvalue weighted by molar-refractivity contribution is 1.77. The zero-order valence-corrected chi connectivity index (χ0v) is 8.91. The van der Waals surface area contributed by atoms with Gasteiger partial charge in [-0.25, -0.2) is 0 Å². The highest BCUT2D eigenvalue weighted by Gasteiger charge is 2.20. The van der Waals surface area contributed by atoms with Crippen LogP contribution < -0.4 is 5.19 Å². The molecule has 0 saturated heterocycles. The fourth-order valence-electron chi connectivity index (χ4n) is 0.662. The molecule has 0 heterocycles. The molecule has 0 unspecified atom stereocenters. The normalized spacial score (nSPS) is 11.5. The Morgan fingerprint density at radius 3 is 1.70 bits per heavy atom. The number of rotatable bonds is 1. The van der Waals surface area contributed by atoms with Crippen LogP contribution in [0.2, 0.25) is 0 Å². The van der Waals surface area contributed by atoms with Gasteiger partial charge >= 0.3 is 0 Å².